The zero-order chi connectivity index (χ0) is 27.9. The molecule has 0 spiro atoms. The number of carbonyl (C=O) groups excluding carboxylic acids is 1. The molecule has 0 fully saturated rings. The fourth-order valence-electron chi connectivity index (χ4n) is 5.66. The van der Waals surface area contributed by atoms with Crippen LogP contribution in [0.25, 0.3) is 22.1 Å². The minimum atomic E-state index is -0.347. The summed E-state index contributed by atoms with van der Waals surface area (Å²) in [5.41, 5.74) is 5.25. The number of phenols is 1. The van der Waals surface area contributed by atoms with Crippen molar-refractivity contribution in [3.63, 3.8) is 0 Å². The molecule has 3 heterocycles. The van der Waals surface area contributed by atoms with E-state index in [2.05, 4.69) is 12.1 Å². The van der Waals surface area contributed by atoms with Gasteiger partial charge in [0.25, 0.3) is 0 Å². The third-order valence-corrected chi connectivity index (χ3v) is 7.76. The molecule has 1 N–H and O–H groups in total. The molecule has 41 heavy (non-hydrogen) atoms. The normalized spacial score (nSPS) is 15.6. The maximum absolute atomic E-state index is 13.5. The molecule has 0 radical (unpaired) electrons. The summed E-state index contributed by atoms with van der Waals surface area (Å²) >= 11 is 0. The Morgan fingerprint density at radius 1 is 0.902 bits per heavy atom. The Balaban J connectivity index is 1.15. The van der Waals surface area contributed by atoms with Crippen LogP contribution in [0.1, 0.15) is 34.6 Å². The van der Waals surface area contributed by atoms with Crippen LogP contribution in [0.5, 0.6) is 23.0 Å². The summed E-state index contributed by atoms with van der Waals surface area (Å²) in [4.78, 5) is 26.0. The molecule has 0 unspecified atom stereocenters. The van der Waals surface area contributed by atoms with E-state index in [1.54, 1.807) is 24.3 Å². The summed E-state index contributed by atoms with van der Waals surface area (Å²) in [5.74, 6) is 1.52. The number of carbonyl (C=O) groups is 1. The van der Waals surface area contributed by atoms with E-state index in [0.29, 0.717) is 40.0 Å². The lowest BCUT2D eigenvalue weighted by Crippen LogP contribution is -2.22. The number of benzene rings is 4. The van der Waals surface area contributed by atoms with Crippen molar-refractivity contribution >= 4 is 16.9 Å². The predicted octanol–water partition coefficient (Wildman–Crippen LogP) is 6.16. The van der Waals surface area contributed by atoms with Crippen LogP contribution in [0.15, 0.2) is 94.3 Å². The van der Waals surface area contributed by atoms with E-state index in [9.17, 15) is 14.7 Å². The van der Waals surface area contributed by atoms with E-state index in [1.807, 2.05) is 30.3 Å². The number of hydrogen-bond donors (Lipinski definition) is 1. The van der Waals surface area contributed by atoms with Crippen LogP contribution < -0.4 is 19.6 Å². The molecule has 4 aromatic carbocycles. The summed E-state index contributed by atoms with van der Waals surface area (Å²) in [5, 5.41) is 10.0. The quantitative estimate of drug-likeness (QED) is 0.201. The van der Waals surface area contributed by atoms with Gasteiger partial charge in [0.15, 0.2) is 0 Å². The predicted molar refractivity (Wildman–Crippen MR) is 153 cm³/mol. The van der Waals surface area contributed by atoms with Crippen LogP contribution in [-0.4, -0.2) is 24.3 Å². The highest BCUT2D eigenvalue weighted by Crippen LogP contribution is 2.43. The second-order valence-electron chi connectivity index (χ2n) is 10.3. The fraction of sp³-hybridized carbons (Fsp3) is 0.176. The van der Waals surface area contributed by atoms with Gasteiger partial charge in [-0.3, -0.25) is 9.59 Å². The molecule has 0 amide bonds. The maximum atomic E-state index is 13.5. The lowest BCUT2D eigenvalue weighted by atomic mass is 9.85. The third kappa shape index (κ3) is 4.69. The van der Waals surface area contributed by atoms with Crippen molar-refractivity contribution in [3.8, 4) is 34.1 Å². The molecule has 7 rings (SSSR count). The maximum Gasteiger partial charge on any atom is 0.312 e. The van der Waals surface area contributed by atoms with Crippen LogP contribution in [0.3, 0.4) is 0 Å². The smallest absolute Gasteiger partial charge is 0.312 e. The van der Waals surface area contributed by atoms with Crippen LogP contribution in [-0.2, 0) is 17.6 Å². The minimum absolute atomic E-state index is 0.115. The van der Waals surface area contributed by atoms with Gasteiger partial charge < -0.3 is 23.7 Å². The summed E-state index contributed by atoms with van der Waals surface area (Å²) in [7, 11) is 0. The van der Waals surface area contributed by atoms with E-state index >= 15 is 0 Å². The molecule has 0 saturated carbocycles. The van der Waals surface area contributed by atoms with Gasteiger partial charge in [0.2, 0.25) is 5.43 Å². The Labute approximate surface area is 235 Å². The van der Waals surface area contributed by atoms with Gasteiger partial charge >= 0.3 is 5.97 Å². The molecular weight excluding hydrogens is 520 g/mol. The minimum Gasteiger partial charge on any atom is -0.508 e. The Bertz CT molecular complexity index is 1840. The van der Waals surface area contributed by atoms with Crippen LogP contribution in [0, 0.1) is 0 Å². The fourth-order valence-corrected chi connectivity index (χ4v) is 5.66. The lowest BCUT2D eigenvalue weighted by molar-refractivity contribution is -0.135. The highest BCUT2D eigenvalue weighted by Gasteiger charge is 2.32. The third-order valence-electron chi connectivity index (χ3n) is 7.76. The molecule has 1 aromatic heterocycles. The zero-order valence-corrected chi connectivity index (χ0v) is 22.1. The van der Waals surface area contributed by atoms with Crippen molar-refractivity contribution in [2.24, 2.45) is 0 Å². The first-order chi connectivity index (χ1) is 20.0. The van der Waals surface area contributed by atoms with Gasteiger partial charge in [-0.05, 0) is 64.7 Å². The SMILES string of the molecule is O=C1C[C@@H](c2ccc(OCCc3ccc4c(c3)CCO4)cc2)c2c(ccc3c(=O)c(-c4ccc(O)cc4)coc23)O1. The highest BCUT2D eigenvalue weighted by atomic mass is 16.5. The molecule has 5 aromatic rings. The van der Waals surface area contributed by atoms with Crippen molar-refractivity contribution < 1.29 is 28.5 Å². The summed E-state index contributed by atoms with van der Waals surface area (Å²) in [6.07, 6.45) is 3.28. The number of aromatic hydroxyl groups is 1. The molecule has 2 aliphatic heterocycles. The largest absolute Gasteiger partial charge is 0.508 e. The van der Waals surface area contributed by atoms with Crippen molar-refractivity contribution in [2.75, 3.05) is 13.2 Å². The van der Waals surface area contributed by atoms with Crippen molar-refractivity contribution in [2.45, 2.75) is 25.2 Å². The Kier molecular flexibility index (Phi) is 6.19. The van der Waals surface area contributed by atoms with E-state index < -0.39 is 0 Å². The average Bonchev–Trinajstić information content (AvgIpc) is 3.46. The average molecular weight is 547 g/mol. The Hall–Kier alpha value is -5.04. The van der Waals surface area contributed by atoms with E-state index in [4.69, 9.17) is 18.6 Å². The molecule has 0 bridgehead atoms. The molecule has 7 nitrogen and oxygen atoms in total. The van der Waals surface area contributed by atoms with Gasteiger partial charge in [-0.2, -0.15) is 0 Å². The Morgan fingerprint density at radius 3 is 2.54 bits per heavy atom. The van der Waals surface area contributed by atoms with Gasteiger partial charge in [0.1, 0.15) is 34.8 Å². The first-order valence-electron chi connectivity index (χ1n) is 13.6. The molecule has 1 atom stereocenters. The molecular formula is C34H26O7. The van der Waals surface area contributed by atoms with Gasteiger partial charge in [0, 0.05) is 24.3 Å². The standard InChI is InChI=1S/C34H26O7/c35-24-6-2-22(3-7-24)28-19-40-34-26(33(28)37)10-12-30-32(34)27(18-31(36)41-30)21-4-8-25(9-5-21)38-15-13-20-1-11-29-23(17-20)14-16-39-29/h1-12,17,19,27,35H,13-16,18H2/t27-/m0/s1. The van der Waals surface area contributed by atoms with Crippen molar-refractivity contribution in [3.05, 3.63) is 118 Å². The first-order valence-corrected chi connectivity index (χ1v) is 13.6. The number of hydrogen-bond acceptors (Lipinski definition) is 7. The van der Waals surface area contributed by atoms with Gasteiger partial charge in [-0.25, -0.2) is 0 Å². The molecule has 204 valence electrons. The zero-order valence-electron chi connectivity index (χ0n) is 22.1. The van der Waals surface area contributed by atoms with Crippen molar-refractivity contribution in [1.82, 2.24) is 0 Å². The summed E-state index contributed by atoms with van der Waals surface area (Å²) < 4.78 is 23.2. The number of phenolic OH excluding ortho intramolecular Hbond substituents is 1. The highest BCUT2D eigenvalue weighted by molar-refractivity contribution is 5.90. The van der Waals surface area contributed by atoms with Crippen molar-refractivity contribution in [1.29, 1.82) is 0 Å². The summed E-state index contributed by atoms with van der Waals surface area (Å²) in [6, 6.07) is 23.6. The van der Waals surface area contributed by atoms with Crippen LogP contribution >= 0.6 is 0 Å². The topological polar surface area (TPSA) is 95.2 Å². The lowest BCUT2D eigenvalue weighted by Gasteiger charge is -2.25. The molecule has 7 heteroatoms. The molecule has 0 aliphatic carbocycles. The van der Waals surface area contributed by atoms with Gasteiger partial charge in [-0.1, -0.05) is 36.4 Å². The van der Waals surface area contributed by atoms with E-state index in [0.717, 1.165) is 36.5 Å². The van der Waals surface area contributed by atoms with Gasteiger partial charge in [0.05, 0.1) is 30.6 Å². The van der Waals surface area contributed by atoms with Crippen LogP contribution in [0.2, 0.25) is 0 Å². The number of fused-ring (bicyclic) bond motifs is 4. The number of rotatable bonds is 6. The second-order valence-corrected chi connectivity index (χ2v) is 10.3. The van der Waals surface area contributed by atoms with Crippen LogP contribution in [0.4, 0.5) is 0 Å². The van der Waals surface area contributed by atoms with E-state index in [1.165, 1.54) is 29.5 Å². The first kappa shape index (κ1) is 25.0. The second kappa shape index (κ2) is 10.2. The van der Waals surface area contributed by atoms with E-state index in [-0.39, 0.29) is 29.5 Å². The monoisotopic (exact) mass is 546 g/mol. The Morgan fingerprint density at radius 2 is 1.71 bits per heavy atom. The number of esters is 1. The summed E-state index contributed by atoms with van der Waals surface area (Å²) in [6.45, 7) is 1.28. The van der Waals surface area contributed by atoms with Gasteiger partial charge in [-0.15, -0.1) is 0 Å². The number of ether oxygens (including phenoxy) is 3. The molecule has 2 aliphatic rings. The molecule has 0 saturated heterocycles.